The molecular weight excluding hydrogens is 276 g/mol. The molecule has 0 spiro atoms. The van der Waals surface area contributed by atoms with Crippen LogP contribution in [-0.2, 0) is 4.74 Å². The topological polar surface area (TPSA) is 51.2 Å². The molecule has 1 N–H and O–H groups in total. The van der Waals surface area contributed by atoms with Gasteiger partial charge < -0.3 is 10.1 Å². The Morgan fingerprint density at radius 3 is 2.91 bits per heavy atom. The fourth-order valence-electron chi connectivity index (χ4n) is 3.06. The number of carbonyl (C=O) groups is 1. The summed E-state index contributed by atoms with van der Waals surface area (Å²) in [5.41, 5.74) is 2.17. The van der Waals surface area contributed by atoms with E-state index in [9.17, 15) is 4.79 Å². The molecule has 1 aliphatic rings. The zero-order valence-electron chi connectivity index (χ0n) is 13.3. The van der Waals surface area contributed by atoms with Gasteiger partial charge in [0.05, 0.1) is 22.4 Å². The number of nitrogens with zero attached hydrogens (tertiary/aromatic N) is 1. The standard InChI is InChI=1S/C18H22N2O2/c1-12-15(10-13-6-4-5-7-16(13)19-12)17(21)20-14-8-9-22-18(2,3)11-14/h4-7,10,14H,8-9,11H2,1-3H3,(H,20,21). The maximum Gasteiger partial charge on any atom is 0.253 e. The van der Waals surface area contributed by atoms with Gasteiger partial charge in [0.15, 0.2) is 0 Å². The van der Waals surface area contributed by atoms with Crippen molar-refractivity contribution in [2.45, 2.75) is 45.3 Å². The van der Waals surface area contributed by atoms with Crippen molar-refractivity contribution in [1.29, 1.82) is 0 Å². The molecule has 0 radical (unpaired) electrons. The molecule has 4 nitrogen and oxygen atoms in total. The van der Waals surface area contributed by atoms with Gasteiger partial charge in [-0.3, -0.25) is 9.78 Å². The van der Waals surface area contributed by atoms with Gasteiger partial charge in [-0.1, -0.05) is 18.2 Å². The summed E-state index contributed by atoms with van der Waals surface area (Å²) in [5, 5.41) is 4.13. The lowest BCUT2D eigenvalue weighted by Gasteiger charge is -2.35. The van der Waals surface area contributed by atoms with Gasteiger partial charge in [-0.25, -0.2) is 0 Å². The van der Waals surface area contributed by atoms with Crippen LogP contribution < -0.4 is 5.32 Å². The molecule has 1 aromatic carbocycles. The number of ether oxygens (including phenoxy) is 1. The highest BCUT2D eigenvalue weighted by molar-refractivity contribution is 5.98. The predicted molar refractivity (Wildman–Crippen MR) is 87.0 cm³/mol. The number of nitrogens with one attached hydrogen (secondary N) is 1. The van der Waals surface area contributed by atoms with E-state index in [0.717, 1.165) is 29.4 Å². The van der Waals surface area contributed by atoms with Crippen LogP contribution in [0.25, 0.3) is 10.9 Å². The molecule has 2 aromatic rings. The maximum absolute atomic E-state index is 12.6. The molecule has 116 valence electrons. The van der Waals surface area contributed by atoms with Gasteiger partial charge >= 0.3 is 0 Å². The molecule has 1 saturated heterocycles. The van der Waals surface area contributed by atoms with Crippen LogP contribution >= 0.6 is 0 Å². The van der Waals surface area contributed by atoms with E-state index < -0.39 is 0 Å². The summed E-state index contributed by atoms with van der Waals surface area (Å²) < 4.78 is 5.70. The Morgan fingerprint density at radius 2 is 2.14 bits per heavy atom. The first-order chi connectivity index (χ1) is 10.4. The average Bonchev–Trinajstić information content (AvgIpc) is 2.45. The minimum absolute atomic E-state index is 0.0431. The average molecular weight is 298 g/mol. The fourth-order valence-corrected chi connectivity index (χ4v) is 3.06. The summed E-state index contributed by atoms with van der Waals surface area (Å²) in [6, 6.07) is 9.95. The van der Waals surface area contributed by atoms with Crippen molar-refractivity contribution < 1.29 is 9.53 Å². The summed E-state index contributed by atoms with van der Waals surface area (Å²) in [6.45, 7) is 6.70. The van der Waals surface area contributed by atoms with Gasteiger partial charge in [-0.2, -0.15) is 0 Å². The lowest BCUT2D eigenvalue weighted by atomic mass is 9.93. The number of hydrogen-bond donors (Lipinski definition) is 1. The van der Waals surface area contributed by atoms with Crippen molar-refractivity contribution in [3.63, 3.8) is 0 Å². The number of pyridine rings is 1. The van der Waals surface area contributed by atoms with Crippen molar-refractivity contribution in [2.24, 2.45) is 0 Å². The molecule has 1 aromatic heterocycles. The van der Waals surface area contributed by atoms with E-state index >= 15 is 0 Å². The molecule has 2 heterocycles. The van der Waals surface area contributed by atoms with Crippen molar-refractivity contribution >= 4 is 16.8 Å². The first-order valence-corrected chi connectivity index (χ1v) is 7.76. The van der Waals surface area contributed by atoms with Crippen molar-refractivity contribution in [1.82, 2.24) is 10.3 Å². The third-order valence-electron chi connectivity index (χ3n) is 4.19. The van der Waals surface area contributed by atoms with E-state index in [0.29, 0.717) is 12.2 Å². The molecule has 1 unspecified atom stereocenters. The number of aryl methyl sites for hydroxylation is 1. The lowest BCUT2D eigenvalue weighted by Crippen LogP contribution is -2.46. The first kappa shape index (κ1) is 15.0. The highest BCUT2D eigenvalue weighted by atomic mass is 16.5. The SMILES string of the molecule is Cc1nc2ccccc2cc1C(=O)NC1CCOC(C)(C)C1. The number of benzene rings is 1. The van der Waals surface area contributed by atoms with Crippen molar-refractivity contribution in [3.8, 4) is 0 Å². The Bertz CT molecular complexity index is 709. The molecule has 0 bridgehead atoms. The number of carbonyl (C=O) groups excluding carboxylic acids is 1. The lowest BCUT2D eigenvalue weighted by molar-refractivity contribution is -0.0615. The normalized spacial score (nSPS) is 20.8. The van der Waals surface area contributed by atoms with Crippen LogP contribution in [0.1, 0.15) is 42.7 Å². The van der Waals surface area contributed by atoms with Gasteiger partial charge in [-0.05, 0) is 45.7 Å². The molecule has 1 fully saturated rings. The highest BCUT2D eigenvalue weighted by Gasteiger charge is 2.30. The van der Waals surface area contributed by atoms with E-state index in [1.807, 2.05) is 37.3 Å². The second kappa shape index (κ2) is 5.69. The highest BCUT2D eigenvalue weighted by Crippen LogP contribution is 2.24. The number of hydrogen-bond acceptors (Lipinski definition) is 3. The monoisotopic (exact) mass is 298 g/mol. The molecule has 0 aliphatic carbocycles. The fraction of sp³-hybridized carbons (Fsp3) is 0.444. The zero-order valence-corrected chi connectivity index (χ0v) is 13.3. The first-order valence-electron chi connectivity index (χ1n) is 7.76. The van der Waals surface area contributed by atoms with Crippen LogP contribution in [0.2, 0.25) is 0 Å². The van der Waals surface area contributed by atoms with Crippen LogP contribution in [0.15, 0.2) is 30.3 Å². The summed E-state index contributed by atoms with van der Waals surface area (Å²) in [5.74, 6) is -0.0431. The molecule has 1 aliphatic heterocycles. The summed E-state index contributed by atoms with van der Waals surface area (Å²) in [6.07, 6.45) is 1.69. The number of fused-ring (bicyclic) bond motifs is 1. The molecule has 1 amide bonds. The van der Waals surface area contributed by atoms with Gasteiger partial charge in [0, 0.05) is 18.0 Å². The maximum atomic E-state index is 12.6. The van der Waals surface area contributed by atoms with Crippen LogP contribution in [0.4, 0.5) is 0 Å². The van der Waals surface area contributed by atoms with Gasteiger partial charge in [-0.15, -0.1) is 0 Å². The Morgan fingerprint density at radius 1 is 1.36 bits per heavy atom. The molecule has 1 atom stereocenters. The molecule has 0 saturated carbocycles. The predicted octanol–water partition coefficient (Wildman–Crippen LogP) is 3.23. The molecule has 3 rings (SSSR count). The third-order valence-corrected chi connectivity index (χ3v) is 4.19. The van der Waals surface area contributed by atoms with E-state index in [-0.39, 0.29) is 17.6 Å². The van der Waals surface area contributed by atoms with E-state index in [2.05, 4.69) is 24.1 Å². The van der Waals surface area contributed by atoms with Crippen LogP contribution in [-0.4, -0.2) is 29.1 Å². The van der Waals surface area contributed by atoms with Crippen molar-refractivity contribution in [2.75, 3.05) is 6.61 Å². The summed E-state index contributed by atoms with van der Waals surface area (Å²) in [7, 11) is 0. The minimum Gasteiger partial charge on any atom is -0.375 e. The molecular formula is C18H22N2O2. The van der Waals surface area contributed by atoms with Crippen LogP contribution in [0.3, 0.4) is 0 Å². The smallest absolute Gasteiger partial charge is 0.253 e. The van der Waals surface area contributed by atoms with Gasteiger partial charge in [0.25, 0.3) is 5.91 Å². The zero-order chi connectivity index (χ0) is 15.7. The molecule has 4 heteroatoms. The second-order valence-electron chi connectivity index (χ2n) is 6.59. The molecule has 22 heavy (non-hydrogen) atoms. The van der Waals surface area contributed by atoms with Gasteiger partial charge in [0.1, 0.15) is 0 Å². The largest absolute Gasteiger partial charge is 0.375 e. The second-order valence-corrected chi connectivity index (χ2v) is 6.59. The quantitative estimate of drug-likeness (QED) is 0.926. The Kier molecular flexibility index (Phi) is 3.87. The Hall–Kier alpha value is -1.94. The number of amides is 1. The van der Waals surface area contributed by atoms with Crippen LogP contribution in [0, 0.1) is 6.92 Å². The van der Waals surface area contributed by atoms with Crippen molar-refractivity contribution in [3.05, 3.63) is 41.6 Å². The van der Waals surface area contributed by atoms with E-state index in [4.69, 9.17) is 4.74 Å². The third kappa shape index (κ3) is 3.12. The Labute approximate surface area is 130 Å². The number of para-hydroxylation sites is 1. The number of aromatic nitrogens is 1. The number of rotatable bonds is 2. The van der Waals surface area contributed by atoms with E-state index in [1.54, 1.807) is 0 Å². The van der Waals surface area contributed by atoms with E-state index in [1.165, 1.54) is 0 Å². The summed E-state index contributed by atoms with van der Waals surface area (Å²) >= 11 is 0. The minimum atomic E-state index is -0.174. The Balaban J connectivity index is 1.81. The van der Waals surface area contributed by atoms with Gasteiger partial charge in [0.2, 0.25) is 0 Å². The van der Waals surface area contributed by atoms with Crippen LogP contribution in [0.5, 0.6) is 0 Å². The summed E-state index contributed by atoms with van der Waals surface area (Å²) in [4.78, 5) is 17.1.